The Balaban J connectivity index is 1.91. The van der Waals surface area contributed by atoms with Crippen LogP contribution in [-0.2, 0) is 0 Å². The van der Waals surface area contributed by atoms with Crippen LogP contribution >= 0.6 is 34.4 Å². The summed E-state index contributed by atoms with van der Waals surface area (Å²) >= 11 is 3.35. The standard InChI is InChI=1S/C20H15IO2S/c1-13-10-16(12-18(21)19(13)22)14-6-5-7-15(11-14)20(23)24-17-8-3-2-4-9-17/h2-12,22H,1H3. The van der Waals surface area contributed by atoms with E-state index in [9.17, 15) is 9.90 Å². The zero-order valence-electron chi connectivity index (χ0n) is 13.0. The average molecular weight is 446 g/mol. The van der Waals surface area contributed by atoms with Gasteiger partial charge in [0.15, 0.2) is 0 Å². The lowest BCUT2D eigenvalue weighted by Gasteiger charge is -2.09. The summed E-state index contributed by atoms with van der Waals surface area (Å²) in [5.74, 6) is 0.311. The number of carbonyl (C=O) groups is 1. The highest BCUT2D eigenvalue weighted by Crippen LogP contribution is 2.32. The van der Waals surface area contributed by atoms with Crippen LogP contribution in [0.4, 0.5) is 0 Å². The number of aryl methyl sites for hydroxylation is 1. The molecule has 2 nitrogen and oxygen atoms in total. The van der Waals surface area contributed by atoms with Crippen LogP contribution in [0.15, 0.2) is 71.6 Å². The highest BCUT2D eigenvalue weighted by molar-refractivity contribution is 14.1. The number of aromatic hydroxyl groups is 1. The molecule has 0 aromatic heterocycles. The SMILES string of the molecule is Cc1cc(-c2cccc(C(=O)Sc3ccccc3)c2)cc(I)c1O. The maximum Gasteiger partial charge on any atom is 0.224 e. The van der Waals surface area contributed by atoms with E-state index < -0.39 is 0 Å². The minimum Gasteiger partial charge on any atom is -0.507 e. The summed E-state index contributed by atoms with van der Waals surface area (Å²) in [6, 6.07) is 21.1. The van der Waals surface area contributed by atoms with Crippen LogP contribution in [0.1, 0.15) is 15.9 Å². The van der Waals surface area contributed by atoms with Crippen molar-refractivity contribution in [1.29, 1.82) is 0 Å². The second-order valence-electron chi connectivity index (χ2n) is 5.41. The molecule has 0 saturated carbocycles. The first kappa shape index (κ1) is 17.0. The van der Waals surface area contributed by atoms with E-state index in [-0.39, 0.29) is 5.12 Å². The molecule has 0 amide bonds. The molecule has 0 heterocycles. The van der Waals surface area contributed by atoms with E-state index in [2.05, 4.69) is 22.6 Å². The van der Waals surface area contributed by atoms with Gasteiger partial charge in [-0.15, -0.1) is 0 Å². The van der Waals surface area contributed by atoms with Crippen molar-refractivity contribution < 1.29 is 9.90 Å². The fourth-order valence-corrected chi connectivity index (χ4v) is 3.90. The highest BCUT2D eigenvalue weighted by Gasteiger charge is 2.11. The molecule has 0 aliphatic rings. The van der Waals surface area contributed by atoms with Crippen LogP contribution in [-0.4, -0.2) is 10.2 Å². The molecule has 0 bridgehead atoms. The smallest absolute Gasteiger partial charge is 0.224 e. The van der Waals surface area contributed by atoms with Gasteiger partial charge in [0.2, 0.25) is 5.12 Å². The molecule has 3 aromatic rings. The van der Waals surface area contributed by atoms with Gasteiger partial charge >= 0.3 is 0 Å². The summed E-state index contributed by atoms with van der Waals surface area (Å²) in [6.07, 6.45) is 0. The van der Waals surface area contributed by atoms with E-state index in [1.807, 2.05) is 73.7 Å². The summed E-state index contributed by atoms with van der Waals surface area (Å²) in [5.41, 5.74) is 3.46. The third kappa shape index (κ3) is 3.82. The summed E-state index contributed by atoms with van der Waals surface area (Å²) in [6.45, 7) is 1.88. The lowest BCUT2D eigenvalue weighted by molar-refractivity contribution is 0.108. The summed E-state index contributed by atoms with van der Waals surface area (Å²) in [5, 5.41) is 9.94. The van der Waals surface area contributed by atoms with E-state index in [4.69, 9.17) is 0 Å². The summed E-state index contributed by atoms with van der Waals surface area (Å²) in [4.78, 5) is 13.4. The third-order valence-electron chi connectivity index (χ3n) is 3.64. The second kappa shape index (κ2) is 7.40. The van der Waals surface area contributed by atoms with Gasteiger partial charge in [0.1, 0.15) is 5.75 Å². The molecule has 0 atom stereocenters. The predicted molar refractivity (Wildman–Crippen MR) is 108 cm³/mol. The van der Waals surface area contributed by atoms with Crippen LogP contribution in [0.2, 0.25) is 0 Å². The number of hydrogen-bond acceptors (Lipinski definition) is 3. The quantitative estimate of drug-likeness (QED) is 0.402. The lowest BCUT2D eigenvalue weighted by Crippen LogP contribution is -1.94. The van der Waals surface area contributed by atoms with Crippen molar-refractivity contribution in [1.82, 2.24) is 0 Å². The van der Waals surface area contributed by atoms with Gasteiger partial charge in [-0.1, -0.05) is 36.4 Å². The van der Waals surface area contributed by atoms with E-state index >= 15 is 0 Å². The molecule has 3 rings (SSSR count). The van der Waals surface area contributed by atoms with E-state index in [0.29, 0.717) is 11.3 Å². The molecule has 0 fully saturated rings. The van der Waals surface area contributed by atoms with Crippen molar-refractivity contribution in [2.24, 2.45) is 0 Å². The normalized spacial score (nSPS) is 10.6. The molecule has 3 aromatic carbocycles. The van der Waals surface area contributed by atoms with Gasteiger partial charge in [0, 0.05) is 10.5 Å². The van der Waals surface area contributed by atoms with Gasteiger partial charge in [-0.2, -0.15) is 0 Å². The van der Waals surface area contributed by atoms with Crippen molar-refractivity contribution in [2.45, 2.75) is 11.8 Å². The number of thioether (sulfide) groups is 1. The maximum absolute atomic E-state index is 12.5. The molecular formula is C20H15IO2S. The third-order valence-corrected chi connectivity index (χ3v) is 5.39. The van der Waals surface area contributed by atoms with E-state index in [1.165, 1.54) is 11.8 Å². The van der Waals surface area contributed by atoms with Crippen molar-refractivity contribution in [3.63, 3.8) is 0 Å². The number of phenolic OH excluding ortho intramolecular Hbond substituents is 1. The molecule has 0 aliphatic heterocycles. The van der Waals surface area contributed by atoms with Gasteiger partial charge in [-0.25, -0.2) is 0 Å². The van der Waals surface area contributed by atoms with E-state index in [0.717, 1.165) is 25.2 Å². The minimum atomic E-state index is 0.0215. The number of rotatable bonds is 3. The Hall–Kier alpha value is -1.79. The Morgan fingerprint density at radius 2 is 1.71 bits per heavy atom. The van der Waals surface area contributed by atoms with Crippen LogP contribution in [0.3, 0.4) is 0 Å². The fourth-order valence-electron chi connectivity index (χ4n) is 2.38. The number of hydrogen-bond donors (Lipinski definition) is 1. The first-order chi connectivity index (χ1) is 11.5. The zero-order valence-corrected chi connectivity index (χ0v) is 16.0. The van der Waals surface area contributed by atoms with Gasteiger partial charge in [-0.3, -0.25) is 4.79 Å². The second-order valence-corrected chi connectivity index (χ2v) is 7.62. The highest BCUT2D eigenvalue weighted by atomic mass is 127. The Bertz CT molecular complexity index is 868. The topological polar surface area (TPSA) is 37.3 Å². The molecule has 120 valence electrons. The number of benzene rings is 3. The van der Waals surface area contributed by atoms with Crippen LogP contribution < -0.4 is 0 Å². The van der Waals surface area contributed by atoms with Crippen LogP contribution in [0.5, 0.6) is 5.75 Å². The van der Waals surface area contributed by atoms with Gasteiger partial charge < -0.3 is 5.11 Å². The van der Waals surface area contributed by atoms with Crippen LogP contribution in [0.25, 0.3) is 11.1 Å². The molecule has 0 unspecified atom stereocenters. The Morgan fingerprint density at radius 1 is 0.958 bits per heavy atom. The number of halogens is 1. The van der Waals surface area contributed by atoms with Gasteiger partial charge in [0.25, 0.3) is 0 Å². The molecular weight excluding hydrogens is 431 g/mol. The Labute approximate surface area is 159 Å². The van der Waals surface area contributed by atoms with Crippen molar-refractivity contribution >= 4 is 39.5 Å². The van der Waals surface area contributed by atoms with Gasteiger partial charge in [-0.05, 0) is 88.3 Å². The zero-order chi connectivity index (χ0) is 17.1. The monoisotopic (exact) mass is 446 g/mol. The van der Waals surface area contributed by atoms with Crippen molar-refractivity contribution in [3.8, 4) is 16.9 Å². The maximum atomic E-state index is 12.5. The summed E-state index contributed by atoms with van der Waals surface area (Å²) in [7, 11) is 0. The first-order valence-corrected chi connectivity index (χ1v) is 9.31. The van der Waals surface area contributed by atoms with Gasteiger partial charge in [0.05, 0.1) is 3.57 Å². The molecule has 1 N–H and O–H groups in total. The lowest BCUT2D eigenvalue weighted by atomic mass is 10.0. The molecule has 4 heteroatoms. The number of carbonyl (C=O) groups excluding carboxylic acids is 1. The minimum absolute atomic E-state index is 0.0215. The molecule has 24 heavy (non-hydrogen) atoms. The first-order valence-electron chi connectivity index (χ1n) is 7.41. The van der Waals surface area contributed by atoms with Crippen molar-refractivity contribution in [3.05, 3.63) is 81.4 Å². The summed E-state index contributed by atoms with van der Waals surface area (Å²) < 4.78 is 0.804. The molecule has 0 aliphatic carbocycles. The molecule has 0 radical (unpaired) electrons. The average Bonchev–Trinajstić information content (AvgIpc) is 2.60. The Morgan fingerprint density at radius 3 is 2.42 bits per heavy atom. The van der Waals surface area contributed by atoms with Crippen LogP contribution in [0, 0.1) is 10.5 Å². The van der Waals surface area contributed by atoms with E-state index in [1.54, 1.807) is 0 Å². The predicted octanol–water partition coefficient (Wildman–Crippen LogP) is 5.90. The Kier molecular flexibility index (Phi) is 5.26. The molecule has 0 saturated heterocycles. The fraction of sp³-hybridized carbons (Fsp3) is 0.0500. The largest absolute Gasteiger partial charge is 0.507 e. The number of phenols is 1. The van der Waals surface area contributed by atoms with Crippen molar-refractivity contribution in [2.75, 3.05) is 0 Å². The molecule has 0 spiro atoms.